The van der Waals surface area contributed by atoms with Crippen molar-refractivity contribution < 1.29 is 9.18 Å². The maximum absolute atomic E-state index is 13.1. The van der Waals surface area contributed by atoms with Crippen LogP contribution < -0.4 is 5.32 Å². The van der Waals surface area contributed by atoms with Gasteiger partial charge in [-0.05, 0) is 43.8 Å². The number of anilines is 1. The van der Waals surface area contributed by atoms with E-state index in [1.165, 1.54) is 23.5 Å². The van der Waals surface area contributed by atoms with Gasteiger partial charge < -0.3 is 5.32 Å². The molecule has 0 unspecified atom stereocenters. The third-order valence-electron chi connectivity index (χ3n) is 3.87. The first-order chi connectivity index (χ1) is 12.5. The average Bonchev–Trinajstić information content (AvgIpc) is 2.96. The van der Waals surface area contributed by atoms with Crippen LogP contribution >= 0.6 is 11.3 Å². The van der Waals surface area contributed by atoms with E-state index in [1.54, 1.807) is 12.1 Å². The number of hydrogen-bond acceptors (Lipinski definition) is 4. The Hall–Kier alpha value is -2.57. The zero-order valence-corrected chi connectivity index (χ0v) is 15.5. The summed E-state index contributed by atoms with van der Waals surface area (Å²) < 4.78 is 13.1. The van der Waals surface area contributed by atoms with Gasteiger partial charge in [0.05, 0.1) is 12.2 Å². The maximum Gasteiger partial charge on any atom is 0.240 e. The number of halogens is 1. The second kappa shape index (κ2) is 8.21. The van der Waals surface area contributed by atoms with Crippen molar-refractivity contribution in [1.82, 2.24) is 9.88 Å². The van der Waals surface area contributed by atoms with E-state index in [9.17, 15) is 9.18 Å². The average molecular weight is 369 g/mol. The Morgan fingerprint density at radius 2 is 1.85 bits per heavy atom. The highest BCUT2D eigenvalue weighted by Crippen LogP contribution is 2.30. The van der Waals surface area contributed by atoms with Gasteiger partial charge in [-0.1, -0.05) is 30.3 Å². The van der Waals surface area contributed by atoms with Crippen LogP contribution in [0.5, 0.6) is 0 Å². The fourth-order valence-corrected chi connectivity index (χ4v) is 3.53. The molecule has 3 rings (SSSR count). The molecule has 0 spiro atoms. The standard InChI is InChI=1S/C20H20FN3OS/c1-14-19(16-8-10-17(21)11-9-16)23-20(26-14)22-18(25)13-24(2)12-15-6-4-3-5-7-15/h3-11H,12-13H2,1-2H3,(H,22,23,25). The molecular weight excluding hydrogens is 349 g/mol. The van der Waals surface area contributed by atoms with E-state index in [2.05, 4.69) is 10.3 Å². The molecule has 0 aliphatic rings. The molecule has 0 aliphatic carbocycles. The van der Waals surface area contributed by atoms with Crippen molar-refractivity contribution in [2.75, 3.05) is 18.9 Å². The predicted octanol–water partition coefficient (Wildman–Crippen LogP) is 4.33. The first kappa shape index (κ1) is 18.2. The molecule has 1 aromatic heterocycles. The van der Waals surface area contributed by atoms with Gasteiger partial charge in [-0.25, -0.2) is 9.37 Å². The zero-order chi connectivity index (χ0) is 18.5. The van der Waals surface area contributed by atoms with Crippen LogP contribution in [0.25, 0.3) is 11.3 Å². The molecule has 134 valence electrons. The number of carbonyl (C=O) groups excluding carboxylic acids is 1. The van der Waals surface area contributed by atoms with Crippen LogP contribution in [0.1, 0.15) is 10.4 Å². The Kier molecular flexibility index (Phi) is 5.75. The monoisotopic (exact) mass is 369 g/mol. The van der Waals surface area contributed by atoms with E-state index in [1.807, 2.05) is 49.2 Å². The topological polar surface area (TPSA) is 45.2 Å². The van der Waals surface area contributed by atoms with Crippen LogP contribution in [0.4, 0.5) is 9.52 Å². The van der Waals surface area contributed by atoms with Gasteiger partial charge in [-0.2, -0.15) is 0 Å². The number of amides is 1. The van der Waals surface area contributed by atoms with E-state index in [0.29, 0.717) is 11.7 Å². The largest absolute Gasteiger partial charge is 0.301 e. The number of benzene rings is 2. The quantitative estimate of drug-likeness (QED) is 0.703. The van der Waals surface area contributed by atoms with Crippen molar-refractivity contribution in [3.63, 3.8) is 0 Å². The summed E-state index contributed by atoms with van der Waals surface area (Å²) in [5.74, 6) is -0.389. The van der Waals surface area contributed by atoms with Gasteiger partial charge in [-0.3, -0.25) is 9.69 Å². The first-order valence-corrected chi connectivity index (χ1v) is 9.08. The second-order valence-corrected chi connectivity index (χ2v) is 7.34. The molecule has 1 heterocycles. The van der Waals surface area contributed by atoms with Crippen molar-refractivity contribution in [2.24, 2.45) is 0 Å². The van der Waals surface area contributed by atoms with Gasteiger partial charge in [0, 0.05) is 17.0 Å². The lowest BCUT2D eigenvalue weighted by molar-refractivity contribution is -0.117. The highest BCUT2D eigenvalue weighted by molar-refractivity contribution is 7.16. The Balaban J connectivity index is 1.61. The van der Waals surface area contributed by atoms with Crippen LogP contribution in [0, 0.1) is 12.7 Å². The fraction of sp³-hybridized carbons (Fsp3) is 0.200. The molecule has 6 heteroatoms. The third kappa shape index (κ3) is 4.74. The highest BCUT2D eigenvalue weighted by Gasteiger charge is 2.13. The molecule has 4 nitrogen and oxygen atoms in total. The minimum atomic E-state index is -0.281. The second-order valence-electron chi connectivity index (χ2n) is 6.14. The number of nitrogens with zero attached hydrogens (tertiary/aromatic N) is 2. The highest BCUT2D eigenvalue weighted by atomic mass is 32.1. The SMILES string of the molecule is Cc1sc(NC(=O)CN(C)Cc2ccccc2)nc1-c1ccc(F)cc1. The maximum atomic E-state index is 13.1. The molecule has 3 aromatic rings. The van der Waals surface area contributed by atoms with Crippen molar-refractivity contribution in [2.45, 2.75) is 13.5 Å². The van der Waals surface area contributed by atoms with E-state index >= 15 is 0 Å². The van der Waals surface area contributed by atoms with Gasteiger partial charge in [0.2, 0.25) is 5.91 Å². The molecule has 1 N–H and O–H groups in total. The number of aromatic nitrogens is 1. The van der Waals surface area contributed by atoms with Gasteiger partial charge in [-0.15, -0.1) is 11.3 Å². The summed E-state index contributed by atoms with van der Waals surface area (Å²) >= 11 is 1.42. The van der Waals surface area contributed by atoms with Crippen molar-refractivity contribution >= 4 is 22.4 Å². The van der Waals surface area contributed by atoms with Crippen LogP contribution in [-0.4, -0.2) is 29.4 Å². The number of likely N-dealkylation sites (N-methyl/N-ethyl adjacent to an activating group) is 1. The van der Waals surface area contributed by atoms with Crippen molar-refractivity contribution in [3.05, 3.63) is 70.9 Å². The normalized spacial score (nSPS) is 10.9. The van der Waals surface area contributed by atoms with Crippen LogP contribution in [0.2, 0.25) is 0 Å². The Morgan fingerprint density at radius 1 is 1.15 bits per heavy atom. The summed E-state index contributed by atoms with van der Waals surface area (Å²) in [6.07, 6.45) is 0. The van der Waals surface area contributed by atoms with E-state index in [4.69, 9.17) is 0 Å². The summed E-state index contributed by atoms with van der Waals surface area (Å²) in [6, 6.07) is 16.2. The van der Waals surface area contributed by atoms with Crippen molar-refractivity contribution in [3.8, 4) is 11.3 Å². The Labute approximate surface area is 156 Å². The molecule has 0 bridgehead atoms. The number of thiazole rings is 1. The summed E-state index contributed by atoms with van der Waals surface area (Å²) in [7, 11) is 1.91. The Morgan fingerprint density at radius 3 is 2.54 bits per heavy atom. The van der Waals surface area contributed by atoms with Gasteiger partial charge >= 0.3 is 0 Å². The molecule has 0 fully saturated rings. The van der Waals surface area contributed by atoms with Crippen LogP contribution in [-0.2, 0) is 11.3 Å². The molecule has 1 amide bonds. The van der Waals surface area contributed by atoms with E-state index in [0.717, 1.165) is 21.7 Å². The number of carbonyl (C=O) groups is 1. The molecule has 0 aliphatic heterocycles. The smallest absolute Gasteiger partial charge is 0.240 e. The van der Waals surface area contributed by atoms with Gasteiger partial charge in [0.25, 0.3) is 0 Å². The lowest BCUT2D eigenvalue weighted by Gasteiger charge is -2.15. The molecule has 0 saturated carbocycles. The third-order valence-corrected chi connectivity index (χ3v) is 4.76. The van der Waals surface area contributed by atoms with Crippen LogP contribution in [0.15, 0.2) is 54.6 Å². The lowest BCUT2D eigenvalue weighted by atomic mass is 10.1. The molecule has 0 atom stereocenters. The number of hydrogen-bond donors (Lipinski definition) is 1. The predicted molar refractivity (Wildman–Crippen MR) is 104 cm³/mol. The summed E-state index contributed by atoms with van der Waals surface area (Å²) in [6.45, 7) is 2.92. The number of aryl methyl sites for hydroxylation is 1. The minimum Gasteiger partial charge on any atom is -0.301 e. The van der Waals surface area contributed by atoms with E-state index < -0.39 is 0 Å². The minimum absolute atomic E-state index is 0.108. The number of nitrogens with one attached hydrogen (secondary N) is 1. The molecule has 0 saturated heterocycles. The molecular formula is C20H20FN3OS. The summed E-state index contributed by atoms with van der Waals surface area (Å²) in [4.78, 5) is 19.7. The summed E-state index contributed by atoms with van der Waals surface area (Å²) in [5.41, 5.74) is 2.76. The molecule has 26 heavy (non-hydrogen) atoms. The van der Waals surface area contributed by atoms with Gasteiger partial charge in [0.15, 0.2) is 5.13 Å². The first-order valence-electron chi connectivity index (χ1n) is 8.27. The Bertz CT molecular complexity index is 878. The van der Waals surface area contributed by atoms with Crippen LogP contribution in [0.3, 0.4) is 0 Å². The summed E-state index contributed by atoms with van der Waals surface area (Å²) in [5, 5.41) is 3.41. The zero-order valence-electron chi connectivity index (χ0n) is 14.7. The van der Waals surface area contributed by atoms with Crippen molar-refractivity contribution in [1.29, 1.82) is 0 Å². The lowest BCUT2D eigenvalue weighted by Crippen LogP contribution is -2.29. The van der Waals surface area contributed by atoms with E-state index in [-0.39, 0.29) is 18.3 Å². The molecule has 2 aromatic carbocycles. The number of rotatable bonds is 6. The van der Waals surface area contributed by atoms with Gasteiger partial charge in [0.1, 0.15) is 5.82 Å². The fourth-order valence-electron chi connectivity index (χ4n) is 2.68. The molecule has 0 radical (unpaired) electrons.